The summed E-state index contributed by atoms with van der Waals surface area (Å²) >= 11 is 0. The van der Waals surface area contributed by atoms with Crippen LogP contribution >= 0.6 is 0 Å². The summed E-state index contributed by atoms with van der Waals surface area (Å²) < 4.78 is 2.13. The van der Waals surface area contributed by atoms with E-state index in [4.69, 9.17) is 4.98 Å². The zero-order chi connectivity index (χ0) is 17.2. The van der Waals surface area contributed by atoms with Crippen molar-refractivity contribution in [1.82, 2.24) is 9.38 Å². The summed E-state index contributed by atoms with van der Waals surface area (Å²) in [5.41, 5.74) is 6.90. The molecule has 0 aliphatic heterocycles. The Kier molecular flexibility index (Phi) is 3.98. The van der Waals surface area contributed by atoms with Crippen molar-refractivity contribution in [3.05, 3.63) is 95.3 Å². The fourth-order valence-electron chi connectivity index (χ4n) is 3.22. The van der Waals surface area contributed by atoms with Crippen molar-refractivity contribution in [2.24, 2.45) is 0 Å². The van der Waals surface area contributed by atoms with Gasteiger partial charge in [0, 0.05) is 18.3 Å². The number of anilines is 2. The minimum Gasteiger partial charge on any atom is -0.339 e. The summed E-state index contributed by atoms with van der Waals surface area (Å²) in [6.07, 6.45) is 2.86. The maximum absolute atomic E-state index is 4.86. The third kappa shape index (κ3) is 3.01. The van der Waals surface area contributed by atoms with E-state index in [1.54, 1.807) is 0 Å². The Hall–Kier alpha value is -3.07. The van der Waals surface area contributed by atoms with Gasteiger partial charge < -0.3 is 5.32 Å². The Labute approximate surface area is 148 Å². The van der Waals surface area contributed by atoms with Gasteiger partial charge in [-0.3, -0.25) is 4.40 Å². The van der Waals surface area contributed by atoms with Gasteiger partial charge in [-0.1, -0.05) is 54.6 Å². The Morgan fingerprint density at radius 3 is 2.32 bits per heavy atom. The second kappa shape index (κ2) is 6.44. The van der Waals surface area contributed by atoms with Crippen LogP contribution in [0.2, 0.25) is 0 Å². The van der Waals surface area contributed by atoms with Crippen molar-refractivity contribution >= 4 is 17.2 Å². The van der Waals surface area contributed by atoms with Crippen LogP contribution in [0.3, 0.4) is 0 Å². The monoisotopic (exact) mass is 327 g/mol. The second-order valence-electron chi connectivity index (χ2n) is 6.39. The van der Waals surface area contributed by atoms with Gasteiger partial charge in [0.05, 0.1) is 5.69 Å². The van der Waals surface area contributed by atoms with E-state index in [2.05, 4.69) is 72.2 Å². The van der Waals surface area contributed by atoms with Crippen molar-refractivity contribution in [2.45, 2.75) is 20.3 Å². The molecule has 3 nitrogen and oxygen atoms in total. The molecule has 0 amide bonds. The summed E-state index contributed by atoms with van der Waals surface area (Å²) in [5.74, 6) is 1.04. The number of benzene rings is 2. The molecule has 0 spiro atoms. The fraction of sp³-hybridized carbons (Fsp3) is 0.136. The van der Waals surface area contributed by atoms with Gasteiger partial charge in [0.15, 0.2) is 0 Å². The number of nitrogens with zero attached hydrogens (tertiary/aromatic N) is 2. The Bertz CT molecular complexity index is 996. The normalized spacial score (nSPS) is 11.0. The zero-order valence-corrected chi connectivity index (χ0v) is 14.5. The van der Waals surface area contributed by atoms with Crippen molar-refractivity contribution < 1.29 is 0 Å². The van der Waals surface area contributed by atoms with Gasteiger partial charge in [-0.25, -0.2) is 4.98 Å². The molecule has 0 fully saturated rings. The van der Waals surface area contributed by atoms with E-state index in [1.807, 2.05) is 24.3 Å². The lowest BCUT2D eigenvalue weighted by Crippen LogP contribution is -2.02. The third-order valence-corrected chi connectivity index (χ3v) is 4.54. The molecule has 0 saturated heterocycles. The van der Waals surface area contributed by atoms with Gasteiger partial charge in [-0.2, -0.15) is 0 Å². The van der Waals surface area contributed by atoms with Crippen LogP contribution in [-0.4, -0.2) is 9.38 Å². The SMILES string of the molecule is Cc1cccc(C)c1Nc1c(Cc2ccccc2)nc2ccccn12. The first-order valence-corrected chi connectivity index (χ1v) is 8.55. The van der Waals surface area contributed by atoms with E-state index in [0.29, 0.717) is 0 Å². The largest absolute Gasteiger partial charge is 0.339 e. The molecular formula is C22H21N3. The van der Waals surface area contributed by atoms with Gasteiger partial charge >= 0.3 is 0 Å². The van der Waals surface area contributed by atoms with Crippen LogP contribution in [0.4, 0.5) is 11.5 Å². The third-order valence-electron chi connectivity index (χ3n) is 4.54. The minimum absolute atomic E-state index is 0.801. The lowest BCUT2D eigenvalue weighted by Gasteiger charge is -2.14. The Morgan fingerprint density at radius 2 is 1.56 bits per heavy atom. The molecule has 124 valence electrons. The molecule has 4 aromatic rings. The minimum atomic E-state index is 0.801. The van der Waals surface area contributed by atoms with Gasteiger partial charge in [-0.15, -0.1) is 0 Å². The maximum Gasteiger partial charge on any atom is 0.138 e. The number of rotatable bonds is 4. The Balaban J connectivity index is 1.82. The molecule has 0 aliphatic carbocycles. The zero-order valence-electron chi connectivity index (χ0n) is 14.5. The number of aryl methyl sites for hydroxylation is 2. The highest BCUT2D eigenvalue weighted by atomic mass is 15.1. The highest BCUT2D eigenvalue weighted by Crippen LogP contribution is 2.28. The van der Waals surface area contributed by atoms with Crippen LogP contribution in [0.15, 0.2) is 72.9 Å². The van der Waals surface area contributed by atoms with Crippen LogP contribution in [-0.2, 0) is 6.42 Å². The highest BCUT2D eigenvalue weighted by Gasteiger charge is 2.14. The van der Waals surface area contributed by atoms with Crippen molar-refractivity contribution in [1.29, 1.82) is 0 Å². The van der Waals surface area contributed by atoms with Crippen LogP contribution in [0.5, 0.6) is 0 Å². The van der Waals surface area contributed by atoms with Crippen molar-refractivity contribution in [3.8, 4) is 0 Å². The number of hydrogen-bond acceptors (Lipinski definition) is 2. The summed E-state index contributed by atoms with van der Waals surface area (Å²) in [4.78, 5) is 4.86. The quantitative estimate of drug-likeness (QED) is 0.552. The lowest BCUT2D eigenvalue weighted by atomic mass is 10.1. The van der Waals surface area contributed by atoms with E-state index in [9.17, 15) is 0 Å². The first-order chi connectivity index (χ1) is 12.2. The Morgan fingerprint density at radius 1 is 0.840 bits per heavy atom. The lowest BCUT2D eigenvalue weighted by molar-refractivity contribution is 1.11. The van der Waals surface area contributed by atoms with E-state index in [0.717, 1.165) is 29.3 Å². The molecule has 25 heavy (non-hydrogen) atoms. The molecular weight excluding hydrogens is 306 g/mol. The smallest absolute Gasteiger partial charge is 0.138 e. The molecule has 4 rings (SSSR count). The molecule has 0 radical (unpaired) electrons. The molecule has 2 aromatic heterocycles. The summed E-state index contributed by atoms with van der Waals surface area (Å²) in [6.45, 7) is 4.27. The van der Waals surface area contributed by atoms with Crippen LogP contribution < -0.4 is 5.32 Å². The van der Waals surface area contributed by atoms with Crippen LogP contribution in [0, 0.1) is 13.8 Å². The van der Waals surface area contributed by atoms with Crippen molar-refractivity contribution in [3.63, 3.8) is 0 Å². The number of aromatic nitrogens is 2. The number of hydrogen-bond donors (Lipinski definition) is 1. The molecule has 0 saturated carbocycles. The molecule has 1 N–H and O–H groups in total. The summed E-state index contributed by atoms with van der Waals surface area (Å²) in [7, 11) is 0. The van der Waals surface area contributed by atoms with Gasteiger partial charge in [0.25, 0.3) is 0 Å². The van der Waals surface area contributed by atoms with Crippen LogP contribution in [0.25, 0.3) is 5.65 Å². The predicted octanol–water partition coefficient (Wildman–Crippen LogP) is 5.29. The van der Waals surface area contributed by atoms with Crippen LogP contribution in [0.1, 0.15) is 22.4 Å². The molecule has 0 bridgehead atoms. The highest BCUT2D eigenvalue weighted by molar-refractivity contribution is 5.69. The second-order valence-corrected chi connectivity index (χ2v) is 6.39. The molecule has 0 aliphatic rings. The number of para-hydroxylation sites is 1. The van der Waals surface area contributed by atoms with Crippen molar-refractivity contribution in [2.75, 3.05) is 5.32 Å². The van der Waals surface area contributed by atoms with E-state index >= 15 is 0 Å². The van der Waals surface area contributed by atoms with E-state index < -0.39 is 0 Å². The van der Waals surface area contributed by atoms with E-state index in [-0.39, 0.29) is 0 Å². The number of nitrogens with one attached hydrogen (secondary N) is 1. The predicted molar refractivity (Wildman–Crippen MR) is 104 cm³/mol. The topological polar surface area (TPSA) is 29.3 Å². The first-order valence-electron chi connectivity index (χ1n) is 8.55. The standard InChI is InChI=1S/C22H21N3/c1-16-9-8-10-17(2)21(16)24-22-19(15-18-11-4-3-5-12-18)23-20-13-6-7-14-25(20)22/h3-14,24H,15H2,1-2H3. The number of pyridine rings is 1. The van der Waals surface area contributed by atoms with E-state index in [1.165, 1.54) is 16.7 Å². The van der Waals surface area contributed by atoms with Gasteiger partial charge in [0.1, 0.15) is 11.5 Å². The van der Waals surface area contributed by atoms with Gasteiger partial charge in [0.2, 0.25) is 0 Å². The van der Waals surface area contributed by atoms with Gasteiger partial charge in [-0.05, 0) is 42.7 Å². The first kappa shape index (κ1) is 15.5. The number of imidazole rings is 1. The molecule has 0 atom stereocenters. The number of fused-ring (bicyclic) bond motifs is 1. The summed E-state index contributed by atoms with van der Waals surface area (Å²) in [5, 5.41) is 3.65. The average molecular weight is 327 g/mol. The molecule has 2 aromatic carbocycles. The average Bonchev–Trinajstić information content (AvgIpc) is 2.96. The molecule has 2 heterocycles. The molecule has 0 unspecified atom stereocenters. The maximum atomic E-state index is 4.86. The fourth-order valence-corrected chi connectivity index (χ4v) is 3.22. The molecule has 3 heteroatoms. The summed E-state index contributed by atoms with van der Waals surface area (Å²) in [6, 6.07) is 23.0.